The monoisotopic (exact) mass is 318 g/mol. The zero-order valence-electron chi connectivity index (χ0n) is 14.4. The third kappa shape index (κ3) is 5.54. The van der Waals surface area contributed by atoms with Crippen LogP contribution < -0.4 is 10.2 Å². The predicted octanol–water partition coefficient (Wildman–Crippen LogP) is 3.35. The Balaban J connectivity index is 1.85. The second kappa shape index (κ2) is 8.92. The molecule has 1 heterocycles. The normalized spacial score (nSPS) is 17.1. The summed E-state index contributed by atoms with van der Waals surface area (Å²) in [6.07, 6.45) is 6.10. The van der Waals surface area contributed by atoms with Gasteiger partial charge >= 0.3 is 0 Å². The highest BCUT2D eigenvalue weighted by Crippen LogP contribution is 2.20. The van der Waals surface area contributed by atoms with Crippen LogP contribution in [0, 0.1) is 0 Å². The minimum absolute atomic E-state index is 0.00890. The fraction of sp³-hybridized carbons (Fsp3) is 0.632. The van der Waals surface area contributed by atoms with Gasteiger partial charge in [0.05, 0.1) is 6.10 Å². The minimum Gasteiger partial charge on any atom is -0.393 e. The number of rotatable bonds is 7. The molecule has 2 rings (SSSR count). The molecule has 1 aromatic carbocycles. The van der Waals surface area contributed by atoms with Gasteiger partial charge in [-0.3, -0.25) is 4.79 Å². The molecule has 0 aliphatic carbocycles. The Morgan fingerprint density at radius 1 is 1.26 bits per heavy atom. The van der Waals surface area contributed by atoms with E-state index in [0.717, 1.165) is 44.5 Å². The molecular formula is C19H30N2O2. The highest BCUT2D eigenvalue weighted by molar-refractivity contribution is 5.94. The maximum atomic E-state index is 12.3. The summed E-state index contributed by atoms with van der Waals surface area (Å²) in [5, 5.41) is 12.6. The lowest BCUT2D eigenvalue weighted by Gasteiger charge is -2.31. The number of nitrogens with one attached hydrogen (secondary N) is 1. The third-order valence-electron chi connectivity index (χ3n) is 4.58. The SMILES string of the molecule is CCCCCC(C)NC(=O)c1ccc(N2CCC(O)CC2)cc1. The third-order valence-corrected chi connectivity index (χ3v) is 4.58. The van der Waals surface area contributed by atoms with Crippen molar-refractivity contribution in [2.45, 2.75) is 64.5 Å². The van der Waals surface area contributed by atoms with Gasteiger partial charge in [0, 0.05) is 30.4 Å². The zero-order chi connectivity index (χ0) is 16.7. The fourth-order valence-electron chi connectivity index (χ4n) is 3.03. The topological polar surface area (TPSA) is 52.6 Å². The van der Waals surface area contributed by atoms with Crippen LogP contribution in [0.25, 0.3) is 0 Å². The first-order chi connectivity index (χ1) is 11.1. The number of nitrogens with zero attached hydrogens (tertiary/aromatic N) is 1. The van der Waals surface area contributed by atoms with Crippen molar-refractivity contribution in [2.75, 3.05) is 18.0 Å². The van der Waals surface area contributed by atoms with Crippen molar-refractivity contribution in [1.29, 1.82) is 0 Å². The molecule has 0 radical (unpaired) electrons. The number of carbonyl (C=O) groups is 1. The van der Waals surface area contributed by atoms with Gasteiger partial charge in [0.1, 0.15) is 0 Å². The number of unbranched alkanes of at least 4 members (excludes halogenated alkanes) is 2. The van der Waals surface area contributed by atoms with Crippen LogP contribution in [0.5, 0.6) is 0 Å². The summed E-state index contributed by atoms with van der Waals surface area (Å²) >= 11 is 0. The fourth-order valence-corrected chi connectivity index (χ4v) is 3.03. The zero-order valence-corrected chi connectivity index (χ0v) is 14.4. The van der Waals surface area contributed by atoms with Crippen molar-refractivity contribution < 1.29 is 9.90 Å². The number of hydrogen-bond donors (Lipinski definition) is 2. The quantitative estimate of drug-likeness (QED) is 0.758. The molecule has 0 aromatic heterocycles. The van der Waals surface area contributed by atoms with Gasteiger partial charge in [-0.05, 0) is 50.5 Å². The van der Waals surface area contributed by atoms with Crippen LogP contribution in [0.15, 0.2) is 24.3 Å². The Labute approximate surface area is 139 Å². The smallest absolute Gasteiger partial charge is 0.251 e. The maximum Gasteiger partial charge on any atom is 0.251 e. The average molecular weight is 318 g/mol. The first-order valence-corrected chi connectivity index (χ1v) is 8.94. The summed E-state index contributed by atoms with van der Waals surface area (Å²) in [7, 11) is 0. The van der Waals surface area contributed by atoms with Gasteiger partial charge in [0.15, 0.2) is 0 Å². The van der Waals surface area contributed by atoms with Crippen LogP contribution in [0.1, 0.15) is 62.7 Å². The molecule has 0 spiro atoms. The van der Waals surface area contributed by atoms with Crippen molar-refractivity contribution in [2.24, 2.45) is 0 Å². The van der Waals surface area contributed by atoms with E-state index >= 15 is 0 Å². The van der Waals surface area contributed by atoms with Gasteiger partial charge in [-0.1, -0.05) is 26.2 Å². The first-order valence-electron chi connectivity index (χ1n) is 8.94. The molecule has 23 heavy (non-hydrogen) atoms. The molecule has 1 aliphatic rings. The summed E-state index contributed by atoms with van der Waals surface area (Å²) in [4.78, 5) is 14.5. The lowest BCUT2D eigenvalue weighted by Crippen LogP contribution is -2.36. The highest BCUT2D eigenvalue weighted by atomic mass is 16.3. The summed E-state index contributed by atoms with van der Waals surface area (Å²) in [6.45, 7) is 6.01. The van der Waals surface area contributed by atoms with Gasteiger partial charge in [0.25, 0.3) is 5.91 Å². The Morgan fingerprint density at radius 3 is 2.52 bits per heavy atom. The predicted molar refractivity (Wildman–Crippen MR) is 95.0 cm³/mol. The van der Waals surface area contributed by atoms with Crippen molar-refractivity contribution >= 4 is 11.6 Å². The van der Waals surface area contributed by atoms with E-state index in [1.165, 1.54) is 12.8 Å². The largest absolute Gasteiger partial charge is 0.393 e. The molecule has 1 aliphatic heterocycles. The Hall–Kier alpha value is -1.55. The van der Waals surface area contributed by atoms with E-state index in [-0.39, 0.29) is 18.1 Å². The van der Waals surface area contributed by atoms with E-state index in [1.54, 1.807) is 0 Å². The van der Waals surface area contributed by atoms with Crippen LogP contribution >= 0.6 is 0 Å². The van der Waals surface area contributed by atoms with Gasteiger partial charge in [0.2, 0.25) is 0 Å². The summed E-state index contributed by atoms with van der Waals surface area (Å²) in [5.41, 5.74) is 1.84. The Kier molecular flexibility index (Phi) is 6.90. The molecule has 1 unspecified atom stereocenters. The van der Waals surface area contributed by atoms with Crippen LogP contribution in [-0.2, 0) is 0 Å². The molecular weight excluding hydrogens is 288 g/mol. The van der Waals surface area contributed by atoms with Gasteiger partial charge in [-0.15, -0.1) is 0 Å². The Bertz CT molecular complexity index is 479. The molecule has 0 saturated carbocycles. The number of hydrogen-bond acceptors (Lipinski definition) is 3. The Morgan fingerprint density at radius 2 is 1.91 bits per heavy atom. The molecule has 1 amide bonds. The second-order valence-electron chi connectivity index (χ2n) is 6.64. The summed E-state index contributed by atoms with van der Waals surface area (Å²) < 4.78 is 0. The number of aliphatic hydroxyl groups excluding tert-OH is 1. The standard InChI is InChI=1S/C19H30N2O2/c1-3-4-5-6-15(2)20-19(23)16-7-9-17(10-8-16)21-13-11-18(22)12-14-21/h7-10,15,18,22H,3-6,11-14H2,1-2H3,(H,20,23). The van der Waals surface area contributed by atoms with E-state index in [2.05, 4.69) is 24.1 Å². The van der Waals surface area contributed by atoms with Crippen molar-refractivity contribution in [1.82, 2.24) is 5.32 Å². The van der Waals surface area contributed by atoms with E-state index in [1.807, 2.05) is 24.3 Å². The molecule has 1 aromatic rings. The maximum absolute atomic E-state index is 12.3. The number of benzene rings is 1. The number of anilines is 1. The van der Waals surface area contributed by atoms with Crippen LogP contribution in [0.2, 0.25) is 0 Å². The molecule has 4 heteroatoms. The number of piperidine rings is 1. The molecule has 1 atom stereocenters. The summed E-state index contributed by atoms with van der Waals surface area (Å²) in [5.74, 6) is 0.00890. The van der Waals surface area contributed by atoms with Gasteiger partial charge < -0.3 is 15.3 Å². The van der Waals surface area contributed by atoms with Crippen LogP contribution in [0.3, 0.4) is 0 Å². The van der Waals surface area contributed by atoms with Crippen molar-refractivity contribution in [3.8, 4) is 0 Å². The lowest BCUT2D eigenvalue weighted by molar-refractivity contribution is 0.0938. The molecule has 2 N–H and O–H groups in total. The number of carbonyl (C=O) groups excluding carboxylic acids is 1. The van der Waals surface area contributed by atoms with Crippen molar-refractivity contribution in [3.05, 3.63) is 29.8 Å². The molecule has 1 saturated heterocycles. The van der Waals surface area contributed by atoms with E-state index < -0.39 is 0 Å². The average Bonchev–Trinajstić information content (AvgIpc) is 2.56. The van der Waals surface area contributed by atoms with Gasteiger partial charge in [-0.25, -0.2) is 0 Å². The molecule has 1 fully saturated rings. The first kappa shape index (κ1) is 17.8. The van der Waals surface area contributed by atoms with E-state index in [0.29, 0.717) is 5.56 Å². The second-order valence-corrected chi connectivity index (χ2v) is 6.64. The van der Waals surface area contributed by atoms with E-state index in [9.17, 15) is 9.90 Å². The van der Waals surface area contributed by atoms with Crippen molar-refractivity contribution in [3.63, 3.8) is 0 Å². The highest BCUT2D eigenvalue weighted by Gasteiger charge is 2.17. The summed E-state index contributed by atoms with van der Waals surface area (Å²) in [6, 6.07) is 8.03. The van der Waals surface area contributed by atoms with Crippen LogP contribution in [0.4, 0.5) is 5.69 Å². The van der Waals surface area contributed by atoms with Gasteiger partial charge in [-0.2, -0.15) is 0 Å². The minimum atomic E-state index is -0.162. The molecule has 0 bridgehead atoms. The number of aliphatic hydroxyl groups is 1. The van der Waals surface area contributed by atoms with E-state index in [4.69, 9.17) is 0 Å². The molecule has 4 nitrogen and oxygen atoms in total. The molecule has 128 valence electrons. The lowest BCUT2D eigenvalue weighted by atomic mass is 10.1. The van der Waals surface area contributed by atoms with Crippen LogP contribution in [-0.4, -0.2) is 36.2 Å². The number of amides is 1.